The van der Waals surface area contributed by atoms with Crippen LogP contribution in [0, 0.1) is 12.8 Å². The fourth-order valence-electron chi connectivity index (χ4n) is 2.05. The lowest BCUT2D eigenvalue weighted by Gasteiger charge is -2.24. The van der Waals surface area contributed by atoms with Gasteiger partial charge in [0.2, 0.25) is 5.91 Å². The van der Waals surface area contributed by atoms with Crippen LogP contribution in [0.25, 0.3) is 0 Å². The number of thiophene rings is 1. The molecule has 0 radical (unpaired) electrons. The minimum absolute atomic E-state index is 0.0740. The van der Waals surface area contributed by atoms with Crippen molar-refractivity contribution >= 4 is 22.2 Å². The molecule has 0 spiro atoms. The molecule has 1 heterocycles. The van der Waals surface area contributed by atoms with E-state index >= 15 is 0 Å². The average Bonchev–Trinajstić information content (AvgIpc) is 2.65. The van der Waals surface area contributed by atoms with E-state index in [0.717, 1.165) is 36.2 Å². The van der Waals surface area contributed by atoms with Crippen LogP contribution in [0.1, 0.15) is 31.2 Å². The molecule has 0 bridgehead atoms. The zero-order valence-corrected chi connectivity index (χ0v) is 10.2. The highest BCUT2D eigenvalue weighted by atomic mass is 32.1. The van der Waals surface area contributed by atoms with Crippen molar-refractivity contribution in [3.8, 4) is 0 Å². The van der Waals surface area contributed by atoms with Crippen LogP contribution in [-0.2, 0) is 4.79 Å². The summed E-state index contributed by atoms with van der Waals surface area (Å²) in [5.74, 6) is 0.183. The first-order valence-electron chi connectivity index (χ1n) is 5.70. The molecule has 2 N–H and O–H groups in total. The van der Waals surface area contributed by atoms with E-state index in [1.165, 1.54) is 0 Å². The van der Waals surface area contributed by atoms with Gasteiger partial charge in [0.05, 0.1) is 11.1 Å². The Morgan fingerprint density at radius 1 is 1.44 bits per heavy atom. The Morgan fingerprint density at radius 2 is 2.12 bits per heavy atom. The lowest BCUT2D eigenvalue weighted by molar-refractivity contribution is -0.121. The van der Waals surface area contributed by atoms with Crippen LogP contribution in [0.2, 0.25) is 0 Å². The van der Waals surface area contributed by atoms with Gasteiger partial charge < -0.3 is 10.4 Å². The van der Waals surface area contributed by atoms with Crippen LogP contribution in [0.5, 0.6) is 0 Å². The normalized spacial score (nSPS) is 25.4. The summed E-state index contributed by atoms with van der Waals surface area (Å²) in [6.07, 6.45) is 2.91. The van der Waals surface area contributed by atoms with Crippen molar-refractivity contribution in [3.63, 3.8) is 0 Å². The number of nitrogens with one attached hydrogen (secondary N) is 1. The summed E-state index contributed by atoms with van der Waals surface area (Å²) in [5.41, 5.74) is 1.12. The molecular formula is C12H17NO2S. The zero-order chi connectivity index (χ0) is 11.5. The van der Waals surface area contributed by atoms with Gasteiger partial charge in [-0.15, -0.1) is 11.3 Å². The van der Waals surface area contributed by atoms with Crippen LogP contribution in [0.15, 0.2) is 11.4 Å². The lowest BCUT2D eigenvalue weighted by Crippen LogP contribution is -2.28. The smallest absolute Gasteiger partial charge is 0.228 e. The highest BCUT2D eigenvalue weighted by Gasteiger charge is 2.25. The fourth-order valence-corrected chi connectivity index (χ4v) is 2.87. The van der Waals surface area contributed by atoms with Gasteiger partial charge in [-0.2, -0.15) is 0 Å². The number of aryl methyl sites for hydroxylation is 1. The molecule has 0 aliphatic heterocycles. The maximum absolute atomic E-state index is 11.9. The molecular weight excluding hydrogens is 222 g/mol. The Kier molecular flexibility index (Phi) is 3.61. The quantitative estimate of drug-likeness (QED) is 0.833. The second-order valence-corrected chi connectivity index (χ2v) is 5.34. The third kappa shape index (κ3) is 2.62. The Balaban J connectivity index is 1.91. The molecule has 0 unspecified atom stereocenters. The van der Waals surface area contributed by atoms with Crippen molar-refractivity contribution in [2.24, 2.45) is 5.92 Å². The van der Waals surface area contributed by atoms with Gasteiger partial charge in [-0.05, 0) is 49.6 Å². The topological polar surface area (TPSA) is 49.3 Å². The summed E-state index contributed by atoms with van der Waals surface area (Å²) in [4.78, 5) is 11.9. The first-order chi connectivity index (χ1) is 7.66. The molecule has 1 aliphatic carbocycles. The standard InChI is InChI=1S/C12H17NO2S/c1-8-6-7-16-12(8)13-11(15)9-2-4-10(14)5-3-9/h6-7,9-10,14H,2-5H2,1H3,(H,13,15). The molecule has 3 nitrogen and oxygen atoms in total. The second kappa shape index (κ2) is 4.97. The first kappa shape index (κ1) is 11.6. The highest BCUT2D eigenvalue weighted by Crippen LogP contribution is 2.27. The molecule has 88 valence electrons. The molecule has 1 aromatic heterocycles. The number of hydrogen-bond donors (Lipinski definition) is 2. The number of amides is 1. The third-order valence-electron chi connectivity index (χ3n) is 3.17. The summed E-state index contributed by atoms with van der Waals surface area (Å²) in [6.45, 7) is 2.00. The van der Waals surface area contributed by atoms with E-state index < -0.39 is 0 Å². The van der Waals surface area contributed by atoms with E-state index in [0.29, 0.717) is 0 Å². The van der Waals surface area contributed by atoms with Crippen LogP contribution in [0.4, 0.5) is 5.00 Å². The van der Waals surface area contributed by atoms with Crippen molar-refractivity contribution in [2.45, 2.75) is 38.7 Å². The van der Waals surface area contributed by atoms with Gasteiger partial charge in [0.25, 0.3) is 0 Å². The average molecular weight is 239 g/mol. The third-order valence-corrected chi connectivity index (χ3v) is 4.10. The maximum Gasteiger partial charge on any atom is 0.228 e. The van der Waals surface area contributed by atoms with E-state index in [1.54, 1.807) is 11.3 Å². The summed E-state index contributed by atoms with van der Waals surface area (Å²) >= 11 is 1.56. The lowest BCUT2D eigenvalue weighted by atomic mass is 9.87. The van der Waals surface area contributed by atoms with E-state index in [9.17, 15) is 9.90 Å². The number of aliphatic hydroxyl groups excluding tert-OH is 1. The van der Waals surface area contributed by atoms with Crippen molar-refractivity contribution in [1.29, 1.82) is 0 Å². The Hall–Kier alpha value is -0.870. The van der Waals surface area contributed by atoms with E-state index in [2.05, 4.69) is 5.32 Å². The number of anilines is 1. The van der Waals surface area contributed by atoms with Crippen molar-refractivity contribution in [1.82, 2.24) is 0 Å². The number of rotatable bonds is 2. The molecule has 1 amide bonds. The largest absolute Gasteiger partial charge is 0.393 e. The number of aliphatic hydroxyl groups is 1. The number of hydrogen-bond acceptors (Lipinski definition) is 3. The van der Waals surface area contributed by atoms with Crippen LogP contribution >= 0.6 is 11.3 Å². The van der Waals surface area contributed by atoms with Crippen molar-refractivity contribution < 1.29 is 9.90 Å². The van der Waals surface area contributed by atoms with Gasteiger partial charge in [0, 0.05) is 5.92 Å². The SMILES string of the molecule is Cc1ccsc1NC(=O)C1CCC(O)CC1. The monoisotopic (exact) mass is 239 g/mol. The van der Waals surface area contributed by atoms with Crippen molar-refractivity contribution in [2.75, 3.05) is 5.32 Å². The van der Waals surface area contributed by atoms with E-state index in [4.69, 9.17) is 0 Å². The second-order valence-electron chi connectivity index (χ2n) is 4.43. The van der Waals surface area contributed by atoms with E-state index in [1.807, 2.05) is 18.4 Å². The molecule has 4 heteroatoms. The van der Waals surface area contributed by atoms with Gasteiger partial charge in [-0.25, -0.2) is 0 Å². The molecule has 2 rings (SSSR count). The van der Waals surface area contributed by atoms with Gasteiger partial charge in [0.1, 0.15) is 0 Å². The number of carbonyl (C=O) groups is 1. The fraction of sp³-hybridized carbons (Fsp3) is 0.583. The van der Waals surface area contributed by atoms with E-state index in [-0.39, 0.29) is 17.9 Å². The Morgan fingerprint density at radius 3 is 2.69 bits per heavy atom. The van der Waals surface area contributed by atoms with Gasteiger partial charge in [0.15, 0.2) is 0 Å². The molecule has 1 aliphatic rings. The molecule has 0 atom stereocenters. The van der Waals surface area contributed by atoms with Gasteiger partial charge in [-0.1, -0.05) is 0 Å². The predicted octanol–water partition coefficient (Wildman–Crippen LogP) is 2.55. The Bertz CT molecular complexity index is 367. The zero-order valence-electron chi connectivity index (χ0n) is 9.40. The molecule has 0 aromatic carbocycles. The van der Waals surface area contributed by atoms with Gasteiger partial charge >= 0.3 is 0 Å². The minimum Gasteiger partial charge on any atom is -0.393 e. The Labute approximate surface area is 99.5 Å². The molecule has 0 saturated heterocycles. The number of carbonyl (C=O) groups excluding carboxylic acids is 1. The summed E-state index contributed by atoms with van der Waals surface area (Å²) in [6, 6.07) is 2.00. The summed E-state index contributed by atoms with van der Waals surface area (Å²) in [5, 5.41) is 15.3. The summed E-state index contributed by atoms with van der Waals surface area (Å²) < 4.78 is 0. The van der Waals surface area contributed by atoms with Crippen molar-refractivity contribution in [3.05, 3.63) is 17.0 Å². The van der Waals surface area contributed by atoms with Gasteiger partial charge in [-0.3, -0.25) is 4.79 Å². The summed E-state index contributed by atoms with van der Waals surface area (Å²) in [7, 11) is 0. The minimum atomic E-state index is -0.201. The predicted molar refractivity (Wildman–Crippen MR) is 65.7 cm³/mol. The molecule has 16 heavy (non-hydrogen) atoms. The highest BCUT2D eigenvalue weighted by molar-refractivity contribution is 7.14. The molecule has 1 fully saturated rings. The van der Waals surface area contributed by atoms with Crippen LogP contribution < -0.4 is 5.32 Å². The van der Waals surface area contributed by atoms with Crippen LogP contribution in [-0.4, -0.2) is 17.1 Å². The first-order valence-corrected chi connectivity index (χ1v) is 6.58. The molecule has 1 aromatic rings. The van der Waals surface area contributed by atoms with Crippen LogP contribution in [0.3, 0.4) is 0 Å². The maximum atomic E-state index is 11.9. The molecule has 1 saturated carbocycles.